The highest BCUT2D eigenvalue weighted by Gasteiger charge is 2.13. The standard InChI is InChI=1S/C21H26BrN5O2/c22-20-4-1-3-17(24-20)14-27-19-13-16(15-28)5-6-18(19)25-21(27)23-7-2-8-26-9-11-29-12-10-26/h1,3-6,13,28H,2,7-12,14-15H2,(H,23,25). The van der Waals surface area contributed by atoms with Gasteiger partial charge in [-0.2, -0.15) is 0 Å². The second-order valence-electron chi connectivity index (χ2n) is 7.19. The smallest absolute Gasteiger partial charge is 0.204 e. The molecule has 29 heavy (non-hydrogen) atoms. The van der Waals surface area contributed by atoms with Crippen LogP contribution in [0.3, 0.4) is 0 Å². The molecular weight excluding hydrogens is 434 g/mol. The van der Waals surface area contributed by atoms with Gasteiger partial charge in [0.05, 0.1) is 43.1 Å². The lowest BCUT2D eigenvalue weighted by Gasteiger charge is -2.26. The molecule has 3 aromatic rings. The summed E-state index contributed by atoms with van der Waals surface area (Å²) in [6, 6.07) is 11.8. The van der Waals surface area contributed by atoms with Crippen LogP contribution in [0.25, 0.3) is 11.0 Å². The van der Waals surface area contributed by atoms with Crippen LogP contribution in [0.4, 0.5) is 5.95 Å². The molecule has 0 unspecified atom stereocenters. The van der Waals surface area contributed by atoms with E-state index in [4.69, 9.17) is 9.72 Å². The maximum atomic E-state index is 9.54. The van der Waals surface area contributed by atoms with Gasteiger partial charge in [-0.1, -0.05) is 12.1 Å². The van der Waals surface area contributed by atoms with Crippen LogP contribution >= 0.6 is 15.9 Å². The summed E-state index contributed by atoms with van der Waals surface area (Å²) in [4.78, 5) is 11.8. The molecule has 0 saturated carbocycles. The number of morpholine rings is 1. The molecule has 0 amide bonds. The van der Waals surface area contributed by atoms with E-state index in [1.807, 2.05) is 36.4 Å². The first-order valence-electron chi connectivity index (χ1n) is 9.98. The molecule has 0 radical (unpaired) electrons. The Kier molecular flexibility index (Phi) is 6.76. The number of pyridine rings is 1. The molecule has 8 heteroatoms. The molecule has 154 valence electrons. The number of hydrogen-bond donors (Lipinski definition) is 2. The summed E-state index contributed by atoms with van der Waals surface area (Å²) in [6.07, 6.45) is 1.04. The number of hydrogen-bond acceptors (Lipinski definition) is 6. The summed E-state index contributed by atoms with van der Waals surface area (Å²) in [5.41, 5.74) is 3.73. The molecule has 1 aliphatic heterocycles. The number of nitrogens with zero attached hydrogens (tertiary/aromatic N) is 4. The van der Waals surface area contributed by atoms with Crippen LogP contribution in [0.1, 0.15) is 17.7 Å². The molecule has 1 saturated heterocycles. The van der Waals surface area contributed by atoms with Gasteiger partial charge in [-0.25, -0.2) is 9.97 Å². The van der Waals surface area contributed by atoms with Gasteiger partial charge in [-0.15, -0.1) is 0 Å². The van der Waals surface area contributed by atoms with Gasteiger partial charge in [-0.05, 0) is 58.7 Å². The number of aliphatic hydroxyl groups is 1. The SMILES string of the molecule is OCc1ccc2nc(NCCCN3CCOCC3)n(Cc3cccc(Br)n3)c2c1. The highest BCUT2D eigenvalue weighted by Crippen LogP contribution is 2.23. The first-order valence-corrected chi connectivity index (χ1v) is 10.8. The van der Waals surface area contributed by atoms with Crippen LogP contribution in [-0.4, -0.2) is 63.9 Å². The van der Waals surface area contributed by atoms with Crippen molar-refractivity contribution in [2.45, 2.75) is 19.6 Å². The fraction of sp³-hybridized carbons (Fsp3) is 0.429. The zero-order chi connectivity index (χ0) is 20.1. The average Bonchev–Trinajstić information content (AvgIpc) is 3.08. The van der Waals surface area contributed by atoms with E-state index in [2.05, 4.69) is 35.7 Å². The number of aliphatic hydroxyl groups excluding tert-OH is 1. The second kappa shape index (κ2) is 9.67. The van der Waals surface area contributed by atoms with Crippen molar-refractivity contribution in [3.63, 3.8) is 0 Å². The van der Waals surface area contributed by atoms with E-state index in [-0.39, 0.29) is 6.61 Å². The highest BCUT2D eigenvalue weighted by molar-refractivity contribution is 9.10. The van der Waals surface area contributed by atoms with E-state index < -0.39 is 0 Å². The number of fused-ring (bicyclic) bond motifs is 1. The molecule has 2 aromatic heterocycles. The summed E-state index contributed by atoms with van der Waals surface area (Å²) in [5, 5.41) is 13.0. The van der Waals surface area contributed by atoms with Crippen molar-refractivity contribution in [2.24, 2.45) is 0 Å². The Morgan fingerprint density at radius 2 is 2.00 bits per heavy atom. The van der Waals surface area contributed by atoms with Gasteiger partial charge >= 0.3 is 0 Å². The fourth-order valence-electron chi connectivity index (χ4n) is 3.59. The lowest BCUT2D eigenvalue weighted by molar-refractivity contribution is 0.0378. The molecule has 3 heterocycles. The van der Waals surface area contributed by atoms with Crippen molar-refractivity contribution < 1.29 is 9.84 Å². The molecule has 0 aliphatic carbocycles. The first kappa shape index (κ1) is 20.3. The minimum Gasteiger partial charge on any atom is -0.392 e. The normalized spacial score (nSPS) is 15.1. The molecule has 0 spiro atoms. The largest absolute Gasteiger partial charge is 0.392 e. The maximum absolute atomic E-state index is 9.54. The zero-order valence-corrected chi connectivity index (χ0v) is 17.9. The van der Waals surface area contributed by atoms with E-state index in [0.717, 1.165) is 78.7 Å². The van der Waals surface area contributed by atoms with Gasteiger partial charge in [0.1, 0.15) is 4.60 Å². The topological polar surface area (TPSA) is 75.4 Å². The van der Waals surface area contributed by atoms with Crippen molar-refractivity contribution in [2.75, 3.05) is 44.7 Å². The van der Waals surface area contributed by atoms with Crippen molar-refractivity contribution in [1.82, 2.24) is 19.4 Å². The molecule has 4 rings (SSSR count). The van der Waals surface area contributed by atoms with E-state index >= 15 is 0 Å². The molecule has 1 aliphatic rings. The number of benzene rings is 1. The third-order valence-corrected chi connectivity index (χ3v) is 5.57. The monoisotopic (exact) mass is 459 g/mol. The number of halogens is 1. The van der Waals surface area contributed by atoms with Crippen molar-refractivity contribution >= 4 is 32.9 Å². The predicted octanol–water partition coefficient (Wildman–Crippen LogP) is 2.87. The summed E-state index contributed by atoms with van der Waals surface area (Å²) < 4.78 is 8.36. The van der Waals surface area contributed by atoms with E-state index in [9.17, 15) is 5.11 Å². The quantitative estimate of drug-likeness (QED) is 0.398. The van der Waals surface area contributed by atoms with Crippen molar-refractivity contribution in [3.05, 3.63) is 52.3 Å². The van der Waals surface area contributed by atoms with Crippen LogP contribution in [0.2, 0.25) is 0 Å². The Morgan fingerprint density at radius 1 is 1.14 bits per heavy atom. The summed E-state index contributed by atoms with van der Waals surface area (Å²) in [5.74, 6) is 0.832. The van der Waals surface area contributed by atoms with Gasteiger partial charge in [-0.3, -0.25) is 4.90 Å². The Bertz CT molecular complexity index is 955. The Labute approximate surface area is 178 Å². The minimum absolute atomic E-state index is 0.0125. The molecule has 2 N–H and O–H groups in total. The van der Waals surface area contributed by atoms with Crippen molar-refractivity contribution in [3.8, 4) is 0 Å². The van der Waals surface area contributed by atoms with Crippen LogP contribution in [0.5, 0.6) is 0 Å². The second-order valence-corrected chi connectivity index (χ2v) is 8.00. The molecule has 0 bridgehead atoms. The number of ether oxygens (including phenoxy) is 1. The van der Waals surface area contributed by atoms with Crippen LogP contribution in [0.15, 0.2) is 41.0 Å². The number of imidazole rings is 1. The van der Waals surface area contributed by atoms with Gasteiger partial charge in [0.2, 0.25) is 5.95 Å². The summed E-state index contributed by atoms with van der Waals surface area (Å²) >= 11 is 3.45. The molecule has 1 aromatic carbocycles. The third kappa shape index (κ3) is 5.14. The molecule has 1 fully saturated rings. The molecule has 0 atom stereocenters. The highest BCUT2D eigenvalue weighted by atomic mass is 79.9. The van der Waals surface area contributed by atoms with Gasteiger partial charge < -0.3 is 19.7 Å². The number of anilines is 1. The van der Waals surface area contributed by atoms with E-state index in [1.54, 1.807) is 0 Å². The number of nitrogens with one attached hydrogen (secondary N) is 1. The number of rotatable bonds is 8. The maximum Gasteiger partial charge on any atom is 0.204 e. The lowest BCUT2D eigenvalue weighted by atomic mass is 10.2. The average molecular weight is 460 g/mol. The fourth-order valence-corrected chi connectivity index (χ4v) is 3.97. The Hall–Kier alpha value is -2.00. The van der Waals surface area contributed by atoms with Crippen molar-refractivity contribution in [1.29, 1.82) is 0 Å². The predicted molar refractivity (Wildman–Crippen MR) is 117 cm³/mol. The third-order valence-electron chi connectivity index (χ3n) is 5.13. The van der Waals surface area contributed by atoms with Gasteiger partial charge in [0.25, 0.3) is 0 Å². The van der Waals surface area contributed by atoms with Crippen LogP contribution in [-0.2, 0) is 17.9 Å². The summed E-state index contributed by atoms with van der Waals surface area (Å²) in [6.45, 7) is 6.20. The minimum atomic E-state index is 0.0125. The van der Waals surface area contributed by atoms with Crippen LogP contribution in [0, 0.1) is 0 Å². The Balaban J connectivity index is 1.51. The molecule has 7 nitrogen and oxygen atoms in total. The number of aromatic nitrogens is 3. The van der Waals surface area contributed by atoms with E-state index in [0.29, 0.717) is 6.54 Å². The Morgan fingerprint density at radius 3 is 2.79 bits per heavy atom. The van der Waals surface area contributed by atoms with Gasteiger partial charge in [0.15, 0.2) is 0 Å². The van der Waals surface area contributed by atoms with Crippen LogP contribution < -0.4 is 5.32 Å². The van der Waals surface area contributed by atoms with Gasteiger partial charge in [0, 0.05) is 19.6 Å². The first-order chi connectivity index (χ1) is 14.2. The zero-order valence-electron chi connectivity index (χ0n) is 16.4. The molecular formula is C21H26BrN5O2. The summed E-state index contributed by atoms with van der Waals surface area (Å²) in [7, 11) is 0. The lowest BCUT2D eigenvalue weighted by Crippen LogP contribution is -2.37. The van der Waals surface area contributed by atoms with E-state index in [1.165, 1.54) is 0 Å².